The molecule has 0 bridgehead atoms. The zero-order valence-corrected chi connectivity index (χ0v) is 12.9. The second-order valence-electron chi connectivity index (χ2n) is 5.59. The maximum Gasteiger partial charge on any atom is 0.491 e. The summed E-state index contributed by atoms with van der Waals surface area (Å²) in [4.78, 5) is 16.4. The molecule has 2 aromatic heterocycles. The van der Waals surface area contributed by atoms with Gasteiger partial charge in [0, 0.05) is 32.8 Å². The molecular weight excluding hydrogens is 291 g/mol. The third-order valence-corrected chi connectivity index (χ3v) is 3.79. The number of rotatable bonds is 3. The van der Waals surface area contributed by atoms with Crippen LogP contribution in [-0.2, 0) is 11.3 Å². The summed E-state index contributed by atoms with van der Waals surface area (Å²) in [5.41, 5.74) is -0.177. The first-order valence-electron chi connectivity index (χ1n) is 6.45. The molecule has 3 N–H and O–H groups in total. The Bertz CT molecular complexity index is 651. The molecule has 6 nitrogen and oxygen atoms in total. The van der Waals surface area contributed by atoms with Gasteiger partial charge in [-0.05, 0) is 26.8 Å². The van der Waals surface area contributed by atoms with Crippen LogP contribution < -0.4 is 10.8 Å². The van der Waals surface area contributed by atoms with Gasteiger partial charge in [-0.2, -0.15) is 0 Å². The van der Waals surface area contributed by atoms with E-state index >= 15 is 0 Å². The number of hydrogen-bond donors (Lipinski definition) is 3. The molecule has 2 heterocycles. The van der Waals surface area contributed by atoms with E-state index in [1.54, 1.807) is 27.0 Å². The number of nitrogens with zero attached hydrogens (tertiary/aromatic N) is 1. The first-order valence-corrected chi connectivity index (χ1v) is 7.27. The number of amides is 1. The van der Waals surface area contributed by atoms with Crippen molar-refractivity contribution in [1.29, 1.82) is 0 Å². The van der Waals surface area contributed by atoms with Crippen molar-refractivity contribution in [1.82, 2.24) is 10.3 Å². The molecule has 21 heavy (non-hydrogen) atoms. The molecule has 0 aliphatic heterocycles. The fourth-order valence-corrected chi connectivity index (χ4v) is 2.88. The number of nitrogens with one attached hydrogen (secondary N) is 1. The number of ether oxygens (including phenoxy) is 1. The lowest BCUT2D eigenvalue weighted by atomic mass is 9.81. The Morgan fingerprint density at radius 1 is 1.43 bits per heavy atom. The van der Waals surface area contributed by atoms with Gasteiger partial charge >= 0.3 is 13.2 Å². The highest BCUT2D eigenvalue weighted by Gasteiger charge is 2.18. The predicted molar refractivity (Wildman–Crippen MR) is 82.5 cm³/mol. The molecule has 2 rings (SSSR count). The van der Waals surface area contributed by atoms with Crippen LogP contribution in [0.25, 0.3) is 10.1 Å². The number of aromatic nitrogens is 1. The van der Waals surface area contributed by atoms with E-state index in [1.807, 2.05) is 6.07 Å². The van der Waals surface area contributed by atoms with Crippen LogP contribution in [0.3, 0.4) is 0 Å². The Balaban J connectivity index is 2.10. The molecule has 0 unspecified atom stereocenters. The van der Waals surface area contributed by atoms with Crippen LogP contribution >= 0.6 is 11.3 Å². The standard InChI is InChI=1S/C13H17BN2O4S/c1-13(2,3)20-12(17)16-6-9-4-8-5-15-7-10(14(18)19)11(8)21-9/h4-5,7,18-19H,6H2,1-3H3,(H,16,17). The summed E-state index contributed by atoms with van der Waals surface area (Å²) in [7, 11) is -1.56. The van der Waals surface area contributed by atoms with Crippen molar-refractivity contribution in [3.8, 4) is 0 Å². The zero-order valence-electron chi connectivity index (χ0n) is 12.1. The van der Waals surface area contributed by atoms with Crippen LogP contribution in [0.15, 0.2) is 18.5 Å². The van der Waals surface area contributed by atoms with E-state index in [9.17, 15) is 14.8 Å². The highest BCUT2D eigenvalue weighted by molar-refractivity contribution is 7.20. The van der Waals surface area contributed by atoms with Gasteiger partial charge in [0.2, 0.25) is 0 Å². The zero-order chi connectivity index (χ0) is 15.6. The monoisotopic (exact) mass is 308 g/mol. The molecule has 0 spiro atoms. The van der Waals surface area contributed by atoms with Gasteiger partial charge in [0.25, 0.3) is 0 Å². The van der Waals surface area contributed by atoms with Crippen molar-refractivity contribution in [2.75, 3.05) is 0 Å². The molecule has 1 amide bonds. The summed E-state index contributed by atoms with van der Waals surface area (Å²) >= 11 is 1.38. The molecule has 0 saturated carbocycles. The summed E-state index contributed by atoms with van der Waals surface area (Å²) < 4.78 is 5.91. The minimum absolute atomic E-state index is 0.315. The molecule has 0 fully saturated rings. The van der Waals surface area contributed by atoms with E-state index in [-0.39, 0.29) is 0 Å². The molecule has 0 aromatic carbocycles. The van der Waals surface area contributed by atoms with E-state index in [0.717, 1.165) is 15.0 Å². The molecule has 0 saturated heterocycles. The van der Waals surface area contributed by atoms with Gasteiger partial charge in [-0.3, -0.25) is 4.98 Å². The van der Waals surface area contributed by atoms with E-state index < -0.39 is 18.8 Å². The van der Waals surface area contributed by atoms with Crippen molar-refractivity contribution >= 4 is 40.1 Å². The maximum absolute atomic E-state index is 11.6. The predicted octanol–water partition coefficient (Wildman–Crippen LogP) is 1.00. The molecule has 8 heteroatoms. The Labute approximate surface area is 126 Å². The van der Waals surface area contributed by atoms with Crippen molar-refractivity contribution in [2.45, 2.75) is 32.9 Å². The summed E-state index contributed by atoms with van der Waals surface area (Å²) in [6.07, 6.45) is 2.59. The molecule has 0 atom stereocenters. The van der Waals surface area contributed by atoms with E-state index in [4.69, 9.17) is 4.74 Å². The number of pyridine rings is 1. The van der Waals surface area contributed by atoms with Crippen LogP contribution in [0.1, 0.15) is 25.6 Å². The second-order valence-corrected chi connectivity index (χ2v) is 6.73. The Morgan fingerprint density at radius 3 is 2.76 bits per heavy atom. The van der Waals surface area contributed by atoms with Crippen molar-refractivity contribution in [3.63, 3.8) is 0 Å². The average Bonchev–Trinajstić information content (AvgIpc) is 2.76. The largest absolute Gasteiger partial charge is 0.491 e. The number of carbonyl (C=O) groups is 1. The third-order valence-electron chi connectivity index (χ3n) is 2.59. The van der Waals surface area contributed by atoms with Crippen molar-refractivity contribution in [3.05, 3.63) is 23.3 Å². The SMILES string of the molecule is CC(C)(C)OC(=O)NCc1cc2cncc(B(O)O)c2s1. The van der Waals surface area contributed by atoms with Crippen LogP contribution in [-0.4, -0.2) is 33.8 Å². The summed E-state index contributed by atoms with van der Waals surface area (Å²) in [6, 6.07) is 1.86. The fourth-order valence-electron chi connectivity index (χ4n) is 1.78. The van der Waals surface area contributed by atoms with Gasteiger partial charge in [0.1, 0.15) is 5.60 Å². The topological polar surface area (TPSA) is 91.7 Å². The lowest BCUT2D eigenvalue weighted by molar-refractivity contribution is 0.0524. The van der Waals surface area contributed by atoms with Crippen LogP contribution in [0.4, 0.5) is 4.79 Å². The molecule has 0 radical (unpaired) electrons. The molecular formula is C13H17BN2O4S. The molecule has 2 aromatic rings. The van der Waals surface area contributed by atoms with Crippen molar-refractivity contribution in [2.24, 2.45) is 0 Å². The summed E-state index contributed by atoms with van der Waals surface area (Å²) in [5, 5.41) is 22.1. The maximum atomic E-state index is 11.6. The Hall–Kier alpha value is -1.64. The second kappa shape index (κ2) is 6.01. The normalized spacial score (nSPS) is 11.5. The lowest BCUT2D eigenvalue weighted by Gasteiger charge is -2.19. The minimum Gasteiger partial charge on any atom is -0.444 e. The van der Waals surface area contributed by atoms with Gasteiger partial charge in [-0.1, -0.05) is 0 Å². The van der Waals surface area contributed by atoms with Crippen LogP contribution in [0, 0.1) is 0 Å². The highest BCUT2D eigenvalue weighted by Crippen LogP contribution is 2.23. The Kier molecular flexibility index (Phi) is 4.50. The van der Waals surface area contributed by atoms with Crippen LogP contribution in [0.5, 0.6) is 0 Å². The molecule has 0 aliphatic rings. The summed E-state index contributed by atoms with van der Waals surface area (Å²) in [5.74, 6) is 0. The quantitative estimate of drug-likeness (QED) is 0.736. The highest BCUT2D eigenvalue weighted by atomic mass is 32.1. The van der Waals surface area contributed by atoms with Crippen LogP contribution in [0.2, 0.25) is 0 Å². The first-order chi connectivity index (χ1) is 9.76. The number of carbonyl (C=O) groups excluding carboxylic acids is 1. The Morgan fingerprint density at radius 2 is 2.14 bits per heavy atom. The number of alkyl carbamates (subject to hydrolysis) is 1. The fraction of sp³-hybridized carbons (Fsp3) is 0.385. The average molecular weight is 308 g/mol. The number of thiophene rings is 1. The van der Waals surface area contributed by atoms with Gasteiger partial charge in [-0.25, -0.2) is 4.79 Å². The lowest BCUT2D eigenvalue weighted by Crippen LogP contribution is -2.31. The number of fused-ring (bicyclic) bond motifs is 1. The first kappa shape index (κ1) is 15.7. The summed E-state index contributed by atoms with van der Waals surface area (Å²) in [6.45, 7) is 5.71. The number of hydrogen-bond acceptors (Lipinski definition) is 6. The van der Waals surface area contributed by atoms with Gasteiger partial charge in [0.05, 0.1) is 6.54 Å². The van der Waals surface area contributed by atoms with Gasteiger partial charge < -0.3 is 20.1 Å². The molecule has 0 aliphatic carbocycles. The third kappa shape index (κ3) is 4.16. The smallest absolute Gasteiger partial charge is 0.444 e. The van der Waals surface area contributed by atoms with Crippen molar-refractivity contribution < 1.29 is 19.6 Å². The van der Waals surface area contributed by atoms with Gasteiger partial charge in [0.15, 0.2) is 0 Å². The van der Waals surface area contributed by atoms with Gasteiger partial charge in [-0.15, -0.1) is 11.3 Å². The molecule has 112 valence electrons. The minimum atomic E-state index is -1.56. The van der Waals surface area contributed by atoms with E-state index in [2.05, 4.69) is 10.3 Å². The van der Waals surface area contributed by atoms with E-state index in [0.29, 0.717) is 12.0 Å². The van der Waals surface area contributed by atoms with E-state index in [1.165, 1.54) is 17.5 Å².